The van der Waals surface area contributed by atoms with Gasteiger partial charge < -0.3 is 60.3 Å². The average molecular weight is 928 g/mol. The maximum absolute atomic E-state index is 13.3. The Labute approximate surface area is 379 Å². The Morgan fingerprint density at radius 3 is 2.19 bits per heavy atom. The molecular weight excluding hydrogens is 863 g/mol. The van der Waals surface area contributed by atoms with Crippen LogP contribution in [0.2, 0.25) is 10.0 Å². The largest absolute Gasteiger partial charge is 0.486 e. The second kappa shape index (κ2) is 26.5. The third-order valence-electron chi connectivity index (χ3n) is 10.1. The summed E-state index contributed by atoms with van der Waals surface area (Å²) in [5, 5.41) is 41.5. The molecule has 0 aliphatic carbocycles. The molecule has 19 heteroatoms. The number of rotatable bonds is 24. The number of carbonyl (C=O) groups is 5. The van der Waals surface area contributed by atoms with Crippen LogP contribution in [0.3, 0.4) is 0 Å². The number of esters is 1. The minimum atomic E-state index is -1.50. The lowest BCUT2D eigenvalue weighted by Crippen LogP contribution is -2.64. The molecule has 1 heterocycles. The molecule has 2 aromatic carbocycles. The topological polar surface area (TPSA) is 240 Å². The predicted octanol–water partition coefficient (Wildman–Crippen LogP) is 5.48. The van der Waals surface area contributed by atoms with Crippen LogP contribution in [-0.4, -0.2) is 115 Å². The van der Waals surface area contributed by atoms with Gasteiger partial charge in [0.15, 0.2) is 12.0 Å². The van der Waals surface area contributed by atoms with Gasteiger partial charge in [-0.05, 0) is 89.1 Å². The highest BCUT2D eigenvalue weighted by Crippen LogP contribution is 2.38. The molecule has 0 spiro atoms. The number of aliphatic hydroxyl groups is 3. The molecule has 6 atom stereocenters. The Morgan fingerprint density at radius 1 is 0.889 bits per heavy atom. The SMILES string of the molecule is COC(=O)[C@H](CCCCNC(=O)CCCCCCCCC(=O)Nc1cccc(COc2c(Cl)cc(C(=O)N[C@H]3[C@@H](OC)O[C@H](CO)[C@@H](O)[C@@H]3O)c(C)c2Cl)c1)NC(=O)OC(C)(C)C. The number of amides is 4. The van der Waals surface area contributed by atoms with Crippen molar-refractivity contribution in [3.8, 4) is 5.75 Å². The monoisotopic (exact) mass is 926 g/mol. The van der Waals surface area contributed by atoms with Gasteiger partial charge in [-0.2, -0.15) is 0 Å². The Hall–Kier alpha value is -4.23. The van der Waals surface area contributed by atoms with Gasteiger partial charge in [0.25, 0.3) is 5.91 Å². The van der Waals surface area contributed by atoms with Crippen LogP contribution in [0.4, 0.5) is 10.5 Å². The fraction of sp³-hybridized carbons (Fsp3) is 0.614. The van der Waals surface area contributed by atoms with Crippen molar-refractivity contribution in [2.24, 2.45) is 0 Å². The van der Waals surface area contributed by atoms with Crippen molar-refractivity contribution in [2.75, 3.05) is 32.7 Å². The van der Waals surface area contributed by atoms with Crippen molar-refractivity contribution < 1.29 is 63.0 Å². The molecule has 1 fully saturated rings. The van der Waals surface area contributed by atoms with Gasteiger partial charge in [-0.15, -0.1) is 0 Å². The maximum atomic E-state index is 13.3. The van der Waals surface area contributed by atoms with Gasteiger partial charge in [0.05, 0.1) is 23.8 Å². The molecule has 0 aromatic heterocycles. The van der Waals surface area contributed by atoms with Crippen LogP contribution in [0, 0.1) is 6.92 Å². The smallest absolute Gasteiger partial charge is 0.408 e. The number of halogens is 2. The van der Waals surface area contributed by atoms with Crippen molar-refractivity contribution in [3.63, 3.8) is 0 Å². The van der Waals surface area contributed by atoms with Gasteiger partial charge in [-0.25, -0.2) is 9.59 Å². The number of nitrogens with one attached hydrogen (secondary N) is 4. The molecule has 0 radical (unpaired) electrons. The zero-order valence-corrected chi connectivity index (χ0v) is 38.4. The molecule has 0 saturated carbocycles. The molecule has 7 N–H and O–H groups in total. The van der Waals surface area contributed by atoms with Gasteiger partial charge in [0.2, 0.25) is 11.8 Å². The number of benzene rings is 2. The molecule has 0 unspecified atom stereocenters. The van der Waals surface area contributed by atoms with Crippen molar-refractivity contribution in [3.05, 3.63) is 57.1 Å². The molecule has 1 aliphatic heterocycles. The van der Waals surface area contributed by atoms with E-state index in [2.05, 4.69) is 21.3 Å². The van der Waals surface area contributed by atoms with E-state index in [1.165, 1.54) is 20.3 Å². The van der Waals surface area contributed by atoms with Crippen LogP contribution in [0.15, 0.2) is 30.3 Å². The van der Waals surface area contributed by atoms with E-state index in [0.717, 1.165) is 44.1 Å². The van der Waals surface area contributed by atoms with E-state index in [4.69, 9.17) is 46.9 Å². The number of hydrogen-bond donors (Lipinski definition) is 7. The second-order valence-electron chi connectivity index (χ2n) is 16.3. The third-order valence-corrected chi connectivity index (χ3v) is 10.9. The summed E-state index contributed by atoms with van der Waals surface area (Å²) in [6, 6.07) is 6.52. The molecule has 1 aliphatic rings. The van der Waals surface area contributed by atoms with E-state index in [1.807, 2.05) is 6.07 Å². The summed E-state index contributed by atoms with van der Waals surface area (Å²) in [6.07, 6.45) is 1.60. The molecule has 2 aromatic rings. The summed E-state index contributed by atoms with van der Waals surface area (Å²) in [5.41, 5.74) is 1.06. The van der Waals surface area contributed by atoms with Gasteiger partial charge in [-0.3, -0.25) is 14.4 Å². The number of anilines is 1. The summed E-state index contributed by atoms with van der Waals surface area (Å²) in [6.45, 7) is 6.76. The normalized spacial score (nSPS) is 19.1. The molecule has 3 rings (SSSR count). The first-order chi connectivity index (χ1) is 29.9. The standard InChI is InChI=1S/C44H64Cl2N4O13/c1-26-29(40(56)50-36-38(55)37(54)32(24-51)62-42(36)60-6)23-30(45)39(35(26)46)61-25-27-16-15-17-28(22-27)48-34(53)20-12-10-8-7-9-11-19-33(52)47-21-14-13-18-31(41(57)59-5)49-43(58)63-44(2,3)4/h15-17,22-23,31-32,36-38,42,51,54-55H,7-14,18-21,24-25H2,1-6H3,(H,47,52)(H,48,53)(H,49,58)(H,50,56)/t31-,32+,36+,37+,38+,42-/m0/s1. The Bertz CT molecular complexity index is 1830. The number of methoxy groups -OCH3 is 2. The summed E-state index contributed by atoms with van der Waals surface area (Å²) >= 11 is 13.2. The highest BCUT2D eigenvalue weighted by molar-refractivity contribution is 6.38. The summed E-state index contributed by atoms with van der Waals surface area (Å²) in [7, 11) is 2.56. The lowest BCUT2D eigenvalue weighted by molar-refractivity contribution is -0.261. The van der Waals surface area contributed by atoms with Crippen LogP contribution >= 0.6 is 23.2 Å². The fourth-order valence-corrected chi connectivity index (χ4v) is 7.32. The van der Waals surface area contributed by atoms with Crippen LogP contribution in [0.25, 0.3) is 0 Å². The van der Waals surface area contributed by atoms with Crippen LogP contribution in [0.5, 0.6) is 5.75 Å². The van der Waals surface area contributed by atoms with E-state index >= 15 is 0 Å². The number of aliphatic hydroxyl groups excluding tert-OH is 3. The quantitative estimate of drug-likeness (QED) is 0.0511. The van der Waals surface area contributed by atoms with Crippen LogP contribution < -0.4 is 26.0 Å². The number of unbranched alkanes of at least 4 members (excludes halogenated alkanes) is 6. The van der Waals surface area contributed by atoms with Gasteiger partial charge in [0, 0.05) is 37.7 Å². The first-order valence-corrected chi connectivity index (χ1v) is 21.9. The van der Waals surface area contributed by atoms with Crippen molar-refractivity contribution in [2.45, 2.75) is 147 Å². The van der Waals surface area contributed by atoms with Gasteiger partial charge >= 0.3 is 12.1 Å². The summed E-state index contributed by atoms with van der Waals surface area (Å²) in [5.74, 6) is -1.22. The Morgan fingerprint density at radius 2 is 1.56 bits per heavy atom. The summed E-state index contributed by atoms with van der Waals surface area (Å²) in [4.78, 5) is 62.4. The highest BCUT2D eigenvalue weighted by Gasteiger charge is 2.45. The van der Waals surface area contributed by atoms with E-state index in [-0.39, 0.29) is 39.8 Å². The van der Waals surface area contributed by atoms with Crippen molar-refractivity contribution >= 4 is 58.7 Å². The second-order valence-corrected chi connectivity index (χ2v) is 17.1. The number of hydrogen-bond acceptors (Lipinski definition) is 13. The first kappa shape index (κ1) is 53.1. The lowest BCUT2D eigenvalue weighted by Gasteiger charge is -2.41. The molecule has 17 nitrogen and oxygen atoms in total. The average Bonchev–Trinajstić information content (AvgIpc) is 3.23. The molecule has 352 valence electrons. The first-order valence-electron chi connectivity index (χ1n) is 21.2. The summed E-state index contributed by atoms with van der Waals surface area (Å²) < 4.78 is 26.7. The Kier molecular flexibility index (Phi) is 22.4. The molecule has 63 heavy (non-hydrogen) atoms. The van der Waals surface area contributed by atoms with E-state index in [0.29, 0.717) is 49.9 Å². The number of ether oxygens (including phenoxy) is 5. The van der Waals surface area contributed by atoms with Crippen LogP contribution in [0.1, 0.15) is 113 Å². The lowest BCUT2D eigenvalue weighted by atomic mass is 9.96. The minimum absolute atomic E-state index is 0.0327. The van der Waals surface area contributed by atoms with Crippen LogP contribution in [-0.2, 0) is 39.9 Å². The minimum Gasteiger partial charge on any atom is -0.486 e. The van der Waals surface area contributed by atoms with Gasteiger partial charge in [0.1, 0.15) is 42.6 Å². The number of carbonyl (C=O) groups excluding carboxylic acids is 5. The third kappa shape index (κ3) is 17.7. The molecule has 4 amide bonds. The predicted molar refractivity (Wildman–Crippen MR) is 236 cm³/mol. The number of alkyl carbamates (subject to hydrolysis) is 1. The van der Waals surface area contributed by atoms with E-state index in [1.54, 1.807) is 45.9 Å². The zero-order valence-electron chi connectivity index (χ0n) is 36.9. The fourth-order valence-electron chi connectivity index (χ4n) is 6.76. The molecule has 1 saturated heterocycles. The zero-order chi connectivity index (χ0) is 46.7. The van der Waals surface area contributed by atoms with Crippen molar-refractivity contribution in [1.82, 2.24) is 16.0 Å². The highest BCUT2D eigenvalue weighted by atomic mass is 35.5. The molecular formula is C44H64Cl2N4O13. The Balaban J connectivity index is 1.32. The van der Waals surface area contributed by atoms with Gasteiger partial charge in [-0.1, -0.05) is 61.0 Å². The van der Waals surface area contributed by atoms with E-state index in [9.17, 15) is 39.3 Å². The molecule has 0 bridgehead atoms. The van der Waals surface area contributed by atoms with Crippen molar-refractivity contribution in [1.29, 1.82) is 0 Å². The maximum Gasteiger partial charge on any atom is 0.408 e. The van der Waals surface area contributed by atoms with E-state index < -0.39 is 66.9 Å².